The molecule has 32 heavy (non-hydrogen) atoms. The van der Waals surface area contributed by atoms with Gasteiger partial charge in [-0.3, -0.25) is 0 Å². The average Bonchev–Trinajstić information content (AvgIpc) is 2.88. The minimum Gasteiger partial charge on any atom is -0.325 e. The van der Waals surface area contributed by atoms with Crippen LogP contribution in [0.4, 0.5) is 5.69 Å². The lowest BCUT2D eigenvalue weighted by atomic mass is 10.3. The van der Waals surface area contributed by atoms with Crippen molar-refractivity contribution in [3.63, 3.8) is 0 Å². The van der Waals surface area contributed by atoms with E-state index in [4.69, 9.17) is 0 Å². The molecule has 0 radical (unpaired) electrons. The highest BCUT2D eigenvalue weighted by atomic mass is 27.2. The second-order valence-electron chi connectivity index (χ2n) is 7.99. The fourth-order valence-corrected chi connectivity index (χ4v) is 10.1. The van der Waals surface area contributed by atoms with E-state index in [1.807, 2.05) is 30.3 Å². The van der Waals surface area contributed by atoms with Crippen LogP contribution in [0.1, 0.15) is 0 Å². The van der Waals surface area contributed by atoms with Gasteiger partial charge in [0.15, 0.2) is 0 Å². The van der Waals surface area contributed by atoms with E-state index in [9.17, 15) is 0 Å². The standard InChI is InChI=1S/C6H7N.4C6H5.Al/c7-6-4-2-1-3-5-6;4*1-2-4-6-5-3-1;/h1-5H,7H2;4*1-5H;/q;;;;;-1/p+1. The summed E-state index contributed by atoms with van der Waals surface area (Å²) in [5, 5.41) is 0. The molecule has 0 atom stereocenters. The molecule has 0 amide bonds. The fraction of sp³-hybridized carbons (Fsp3) is 0. The molecule has 156 valence electrons. The van der Waals surface area contributed by atoms with E-state index in [0.717, 1.165) is 5.69 Å². The van der Waals surface area contributed by atoms with Gasteiger partial charge < -0.3 is 5.73 Å². The Labute approximate surface area is 193 Å². The van der Waals surface area contributed by atoms with Gasteiger partial charge in [-0.05, 0) is 12.1 Å². The van der Waals surface area contributed by atoms with E-state index in [0.29, 0.717) is 0 Å². The van der Waals surface area contributed by atoms with Gasteiger partial charge >= 0.3 is 0 Å². The SMILES string of the molecule is [NH3+]c1ccccc1.c1cc[c]([Al-]([c]2ccccc2)([c]2ccccc2)[c]2ccccc2)cc1. The first-order valence-corrected chi connectivity index (χ1v) is 13.4. The molecule has 5 aromatic carbocycles. The van der Waals surface area contributed by atoms with Gasteiger partial charge in [0.1, 0.15) is 5.69 Å². The molecule has 1 nitrogen and oxygen atoms in total. The third-order valence-corrected chi connectivity index (χ3v) is 11.6. The molecule has 0 bridgehead atoms. The third kappa shape index (κ3) is 4.74. The molecular weight excluding hydrogens is 401 g/mol. The molecule has 5 rings (SSSR count). The van der Waals surface area contributed by atoms with Crippen LogP contribution in [0.3, 0.4) is 0 Å². The Kier molecular flexibility index (Phi) is 7.33. The van der Waals surface area contributed by atoms with Crippen LogP contribution < -0.4 is 23.4 Å². The van der Waals surface area contributed by atoms with Gasteiger partial charge in [-0.25, -0.2) is 17.7 Å². The molecule has 0 spiro atoms. The molecule has 0 aliphatic carbocycles. The summed E-state index contributed by atoms with van der Waals surface area (Å²) in [5.41, 5.74) is 4.79. The van der Waals surface area contributed by atoms with Gasteiger partial charge in [0.2, 0.25) is 0 Å². The van der Waals surface area contributed by atoms with E-state index in [1.165, 1.54) is 17.7 Å². The van der Waals surface area contributed by atoms with Crippen molar-refractivity contribution >= 4 is 36.5 Å². The fourth-order valence-electron chi connectivity index (χ4n) is 4.60. The maximum atomic E-state index is 3.72. The highest BCUT2D eigenvalue weighted by Crippen LogP contribution is 2.09. The van der Waals surface area contributed by atoms with Crippen LogP contribution in [0.5, 0.6) is 0 Å². The monoisotopic (exact) mass is 429 g/mol. The lowest BCUT2D eigenvalue weighted by Crippen LogP contribution is -2.74. The lowest BCUT2D eigenvalue weighted by molar-refractivity contribution is -0.254. The third-order valence-electron chi connectivity index (χ3n) is 6.04. The number of rotatable bonds is 4. The van der Waals surface area contributed by atoms with Crippen molar-refractivity contribution in [3.05, 3.63) is 152 Å². The smallest absolute Gasteiger partial charge is 0.266 e. The van der Waals surface area contributed by atoms with Gasteiger partial charge in [0, 0.05) is 0 Å². The van der Waals surface area contributed by atoms with Gasteiger partial charge in [-0.1, -0.05) is 91.0 Å². The van der Waals surface area contributed by atoms with Crippen molar-refractivity contribution in [2.75, 3.05) is 0 Å². The highest BCUT2D eigenvalue weighted by Gasteiger charge is 2.35. The van der Waals surface area contributed by atoms with Crippen molar-refractivity contribution in [2.45, 2.75) is 0 Å². The first kappa shape index (κ1) is 21.8. The second-order valence-corrected chi connectivity index (χ2v) is 12.4. The number of quaternary nitrogens is 1. The largest absolute Gasteiger partial charge is 0.325 e. The van der Waals surface area contributed by atoms with Crippen molar-refractivity contribution < 1.29 is 5.73 Å². The average molecular weight is 430 g/mol. The highest BCUT2D eigenvalue weighted by molar-refractivity contribution is 7.19. The molecule has 0 unspecified atom stereocenters. The van der Waals surface area contributed by atoms with E-state index < -0.39 is 13.1 Å². The van der Waals surface area contributed by atoms with Crippen LogP contribution in [0.2, 0.25) is 0 Å². The van der Waals surface area contributed by atoms with Gasteiger partial charge in [-0.2, -0.15) is 0 Å². The molecule has 3 N–H and O–H groups in total. The topological polar surface area (TPSA) is 27.6 Å². The van der Waals surface area contributed by atoms with Crippen molar-refractivity contribution in [1.29, 1.82) is 0 Å². The second kappa shape index (κ2) is 10.8. The zero-order valence-corrected chi connectivity index (χ0v) is 19.4. The Balaban J connectivity index is 0.000000300. The summed E-state index contributed by atoms with van der Waals surface area (Å²) in [7, 11) is 0. The molecular formula is C30H28AlN. The predicted octanol–water partition coefficient (Wildman–Crippen LogP) is 3.62. The maximum Gasteiger partial charge on any atom is 0.266 e. The van der Waals surface area contributed by atoms with Gasteiger partial charge in [0.25, 0.3) is 13.1 Å². The molecule has 5 aromatic rings. The quantitative estimate of drug-likeness (QED) is 0.423. The van der Waals surface area contributed by atoms with Crippen LogP contribution in [0, 0.1) is 0 Å². The maximum absolute atomic E-state index is 3.72. The Morgan fingerprint density at radius 1 is 0.312 bits per heavy atom. The molecule has 0 fully saturated rings. The van der Waals surface area contributed by atoms with Crippen molar-refractivity contribution in [3.8, 4) is 0 Å². The molecule has 0 saturated heterocycles. The molecule has 2 heteroatoms. The van der Waals surface area contributed by atoms with Crippen molar-refractivity contribution in [1.82, 2.24) is 0 Å². The van der Waals surface area contributed by atoms with Crippen LogP contribution in [-0.2, 0) is 0 Å². The van der Waals surface area contributed by atoms with Crippen molar-refractivity contribution in [2.24, 2.45) is 0 Å². The van der Waals surface area contributed by atoms with Gasteiger partial charge in [0.05, 0.1) is 0 Å². The minimum atomic E-state index is -2.69. The zero-order valence-electron chi connectivity index (χ0n) is 18.2. The Morgan fingerprint density at radius 2 is 0.531 bits per heavy atom. The summed E-state index contributed by atoms with van der Waals surface area (Å²) in [4.78, 5) is 0. The normalized spacial score (nSPS) is 10.7. The van der Waals surface area contributed by atoms with Crippen LogP contribution >= 0.6 is 0 Å². The number of hydrogen-bond acceptors (Lipinski definition) is 0. The molecule has 0 aromatic heterocycles. The lowest BCUT2D eigenvalue weighted by Gasteiger charge is -2.40. The van der Waals surface area contributed by atoms with Crippen LogP contribution in [0.15, 0.2) is 152 Å². The minimum absolute atomic E-state index is 1.07. The van der Waals surface area contributed by atoms with E-state index in [1.54, 1.807) is 0 Å². The van der Waals surface area contributed by atoms with Gasteiger partial charge in [-0.15, -0.1) is 48.5 Å². The summed E-state index contributed by atoms with van der Waals surface area (Å²) in [6.07, 6.45) is 0. The Morgan fingerprint density at radius 3 is 0.719 bits per heavy atom. The number of benzene rings is 5. The molecule has 0 aliphatic heterocycles. The summed E-state index contributed by atoms with van der Waals surface area (Å²) < 4.78 is 5.77. The number of hydrogen-bond donors (Lipinski definition) is 1. The Hall–Kier alpha value is -3.41. The first-order chi connectivity index (χ1) is 15.8. The van der Waals surface area contributed by atoms with E-state index in [2.05, 4.69) is 127 Å². The summed E-state index contributed by atoms with van der Waals surface area (Å²) in [6, 6.07) is 54.0. The predicted molar refractivity (Wildman–Crippen MR) is 139 cm³/mol. The van der Waals surface area contributed by atoms with Crippen LogP contribution in [0.25, 0.3) is 0 Å². The zero-order chi connectivity index (χ0) is 22.1. The molecule has 0 aliphatic rings. The Bertz CT molecular complexity index is 1030. The van der Waals surface area contributed by atoms with Crippen LogP contribution in [-0.4, -0.2) is 13.1 Å². The summed E-state index contributed by atoms with van der Waals surface area (Å²) in [5.74, 6) is 0. The van der Waals surface area contributed by atoms with E-state index in [-0.39, 0.29) is 0 Å². The summed E-state index contributed by atoms with van der Waals surface area (Å²) in [6.45, 7) is 0. The molecule has 0 saturated carbocycles. The van der Waals surface area contributed by atoms with E-state index >= 15 is 0 Å². The molecule has 0 heterocycles. The first-order valence-electron chi connectivity index (χ1n) is 11.1. The summed E-state index contributed by atoms with van der Waals surface area (Å²) >= 11 is -2.69.